The molecule has 7 heteroatoms. The molecular weight excluding hydrogens is 264 g/mol. The lowest BCUT2D eigenvalue weighted by molar-refractivity contribution is 0.602. The smallest absolute Gasteiger partial charge is 0.149 e. The van der Waals surface area contributed by atoms with Crippen molar-refractivity contribution in [2.45, 2.75) is 26.7 Å². The number of anilines is 2. The molecule has 1 aromatic rings. The summed E-state index contributed by atoms with van der Waals surface area (Å²) in [6, 6.07) is 0. The van der Waals surface area contributed by atoms with Gasteiger partial charge in [0.05, 0.1) is 5.75 Å². The summed E-state index contributed by atoms with van der Waals surface area (Å²) in [5.41, 5.74) is 0.889. The van der Waals surface area contributed by atoms with Crippen molar-refractivity contribution < 1.29 is 8.42 Å². The van der Waals surface area contributed by atoms with E-state index in [0.717, 1.165) is 17.2 Å². The summed E-state index contributed by atoms with van der Waals surface area (Å²) in [5.74, 6) is 2.48. The summed E-state index contributed by atoms with van der Waals surface area (Å²) in [6.07, 6.45) is 1.22. The second-order valence-electron chi connectivity index (χ2n) is 4.87. The quantitative estimate of drug-likeness (QED) is 0.822. The number of hydrogen-bond donors (Lipinski definition) is 2. The van der Waals surface area contributed by atoms with Crippen LogP contribution in [0, 0.1) is 6.92 Å². The number of hydrogen-bond acceptors (Lipinski definition) is 6. The van der Waals surface area contributed by atoms with Gasteiger partial charge in [0, 0.05) is 31.3 Å². The molecule has 0 aliphatic heterocycles. The molecule has 1 heterocycles. The summed E-state index contributed by atoms with van der Waals surface area (Å²) in [7, 11) is -1.17. The van der Waals surface area contributed by atoms with Gasteiger partial charge in [-0.15, -0.1) is 0 Å². The van der Waals surface area contributed by atoms with Gasteiger partial charge in [0.1, 0.15) is 27.3 Å². The molecule has 0 spiro atoms. The van der Waals surface area contributed by atoms with Crippen molar-refractivity contribution in [3.63, 3.8) is 0 Å². The van der Waals surface area contributed by atoms with Crippen molar-refractivity contribution in [1.29, 1.82) is 0 Å². The molecule has 0 unspecified atom stereocenters. The molecule has 6 nitrogen and oxygen atoms in total. The van der Waals surface area contributed by atoms with E-state index in [2.05, 4.69) is 20.6 Å². The lowest BCUT2D eigenvalue weighted by Gasteiger charge is -2.14. The van der Waals surface area contributed by atoms with Crippen molar-refractivity contribution in [3.05, 3.63) is 11.4 Å². The third-order valence-corrected chi connectivity index (χ3v) is 3.63. The molecule has 2 N–H and O–H groups in total. The van der Waals surface area contributed by atoms with Gasteiger partial charge in [0.25, 0.3) is 0 Å². The molecule has 0 radical (unpaired) electrons. The molecule has 0 aliphatic carbocycles. The Balaban J connectivity index is 2.95. The van der Waals surface area contributed by atoms with Gasteiger partial charge in [-0.3, -0.25) is 0 Å². The highest BCUT2D eigenvalue weighted by Crippen LogP contribution is 2.22. The Morgan fingerprint density at radius 1 is 1.21 bits per heavy atom. The first-order chi connectivity index (χ1) is 8.74. The molecule has 0 atom stereocenters. The maximum Gasteiger partial charge on any atom is 0.149 e. The van der Waals surface area contributed by atoms with E-state index in [1.165, 1.54) is 6.26 Å². The zero-order valence-corrected chi connectivity index (χ0v) is 12.9. The lowest BCUT2D eigenvalue weighted by atomic mass is 10.2. The van der Waals surface area contributed by atoms with Crippen LogP contribution in [0.25, 0.3) is 0 Å². The van der Waals surface area contributed by atoms with E-state index in [9.17, 15) is 8.42 Å². The minimum Gasteiger partial charge on any atom is -0.373 e. The first-order valence-electron chi connectivity index (χ1n) is 6.22. The number of aromatic nitrogens is 2. The van der Waals surface area contributed by atoms with Crippen molar-refractivity contribution in [3.8, 4) is 0 Å². The summed E-state index contributed by atoms with van der Waals surface area (Å²) in [5, 5.41) is 6.10. The van der Waals surface area contributed by atoms with Crippen LogP contribution in [0.5, 0.6) is 0 Å². The van der Waals surface area contributed by atoms with Crippen LogP contribution < -0.4 is 10.6 Å². The van der Waals surface area contributed by atoms with E-state index >= 15 is 0 Å². The Morgan fingerprint density at radius 3 is 2.26 bits per heavy atom. The molecule has 19 heavy (non-hydrogen) atoms. The summed E-state index contributed by atoms with van der Waals surface area (Å²) in [4.78, 5) is 8.87. The van der Waals surface area contributed by atoms with Gasteiger partial charge in [-0.2, -0.15) is 0 Å². The Bertz CT molecular complexity index is 541. The third-order valence-electron chi connectivity index (χ3n) is 2.68. The predicted octanol–water partition coefficient (Wildman–Crippen LogP) is 1.41. The van der Waals surface area contributed by atoms with Crippen LogP contribution in [-0.4, -0.2) is 44.0 Å². The molecule has 0 aromatic carbocycles. The zero-order valence-electron chi connectivity index (χ0n) is 12.1. The lowest BCUT2D eigenvalue weighted by Crippen LogP contribution is -2.17. The summed E-state index contributed by atoms with van der Waals surface area (Å²) < 4.78 is 22.2. The molecule has 0 saturated carbocycles. The van der Waals surface area contributed by atoms with E-state index in [-0.39, 0.29) is 11.7 Å². The summed E-state index contributed by atoms with van der Waals surface area (Å²) in [6.45, 7) is 6.28. The van der Waals surface area contributed by atoms with Crippen LogP contribution in [0.3, 0.4) is 0 Å². The monoisotopic (exact) mass is 286 g/mol. The molecule has 1 aromatic heterocycles. The minimum atomic E-state index is -2.97. The first-order valence-corrected chi connectivity index (χ1v) is 8.28. The van der Waals surface area contributed by atoms with Crippen molar-refractivity contribution >= 4 is 21.5 Å². The number of nitrogens with zero attached hydrogens (tertiary/aromatic N) is 2. The average Bonchev–Trinajstić information content (AvgIpc) is 2.29. The standard InChI is InChI=1S/C12H22N4O2S/c1-8(2)10-15-11(13-4)9(3)12(16-10)14-6-7-19(5,17)18/h8H,6-7H2,1-5H3,(H2,13,14,15,16). The Kier molecular flexibility index (Phi) is 5.11. The fraction of sp³-hybridized carbons (Fsp3) is 0.667. The van der Waals surface area contributed by atoms with Crippen molar-refractivity contribution in [2.24, 2.45) is 0 Å². The molecule has 0 fully saturated rings. The zero-order chi connectivity index (χ0) is 14.6. The van der Waals surface area contributed by atoms with E-state index in [1.54, 1.807) is 7.05 Å². The molecule has 0 saturated heterocycles. The van der Waals surface area contributed by atoms with Crippen LogP contribution in [0.4, 0.5) is 11.6 Å². The van der Waals surface area contributed by atoms with Gasteiger partial charge in [0.15, 0.2) is 0 Å². The van der Waals surface area contributed by atoms with Crippen LogP contribution in [-0.2, 0) is 9.84 Å². The fourth-order valence-corrected chi connectivity index (χ4v) is 2.04. The normalized spacial score (nSPS) is 11.7. The highest BCUT2D eigenvalue weighted by Gasteiger charge is 2.12. The fourth-order valence-electron chi connectivity index (χ4n) is 1.56. The van der Waals surface area contributed by atoms with Crippen LogP contribution >= 0.6 is 0 Å². The molecule has 0 aliphatic rings. The van der Waals surface area contributed by atoms with Crippen LogP contribution in [0.2, 0.25) is 0 Å². The van der Waals surface area contributed by atoms with Gasteiger partial charge in [-0.25, -0.2) is 18.4 Å². The molecule has 1 rings (SSSR count). The average molecular weight is 286 g/mol. The van der Waals surface area contributed by atoms with E-state index in [1.807, 2.05) is 20.8 Å². The molecule has 0 amide bonds. The Morgan fingerprint density at radius 2 is 1.79 bits per heavy atom. The van der Waals surface area contributed by atoms with Gasteiger partial charge >= 0.3 is 0 Å². The topological polar surface area (TPSA) is 84.0 Å². The number of rotatable bonds is 6. The third kappa shape index (κ3) is 4.66. The first kappa shape index (κ1) is 15.7. The summed E-state index contributed by atoms with van der Waals surface area (Å²) >= 11 is 0. The largest absolute Gasteiger partial charge is 0.373 e. The predicted molar refractivity (Wildman–Crippen MR) is 78.6 cm³/mol. The highest BCUT2D eigenvalue weighted by molar-refractivity contribution is 7.90. The van der Waals surface area contributed by atoms with E-state index in [0.29, 0.717) is 12.4 Å². The van der Waals surface area contributed by atoms with Crippen LogP contribution in [0.15, 0.2) is 0 Å². The van der Waals surface area contributed by atoms with Crippen molar-refractivity contribution in [1.82, 2.24) is 9.97 Å². The SMILES string of the molecule is CNc1nc(C(C)C)nc(NCCS(C)(=O)=O)c1C. The molecular formula is C12H22N4O2S. The van der Waals surface area contributed by atoms with Gasteiger partial charge in [0.2, 0.25) is 0 Å². The second kappa shape index (κ2) is 6.18. The van der Waals surface area contributed by atoms with E-state index < -0.39 is 9.84 Å². The number of nitrogens with one attached hydrogen (secondary N) is 2. The van der Waals surface area contributed by atoms with Crippen LogP contribution in [0.1, 0.15) is 31.2 Å². The Labute approximate surface area is 115 Å². The maximum absolute atomic E-state index is 11.1. The second-order valence-corrected chi connectivity index (χ2v) is 7.13. The van der Waals surface area contributed by atoms with Gasteiger partial charge in [-0.1, -0.05) is 13.8 Å². The van der Waals surface area contributed by atoms with E-state index in [4.69, 9.17) is 0 Å². The number of sulfone groups is 1. The minimum absolute atomic E-state index is 0.0857. The Hall–Kier alpha value is -1.37. The maximum atomic E-state index is 11.1. The van der Waals surface area contributed by atoms with Gasteiger partial charge < -0.3 is 10.6 Å². The highest BCUT2D eigenvalue weighted by atomic mass is 32.2. The van der Waals surface area contributed by atoms with Crippen molar-refractivity contribution in [2.75, 3.05) is 36.2 Å². The molecule has 0 bridgehead atoms. The molecule has 108 valence electrons. The van der Waals surface area contributed by atoms with Gasteiger partial charge in [-0.05, 0) is 6.92 Å².